The minimum absolute atomic E-state index is 0.792. The van der Waals surface area contributed by atoms with Gasteiger partial charge in [-0.15, -0.1) is 0 Å². The van der Waals surface area contributed by atoms with Gasteiger partial charge in [-0.25, -0.2) is 0 Å². The van der Waals surface area contributed by atoms with Gasteiger partial charge < -0.3 is 5.32 Å². The van der Waals surface area contributed by atoms with E-state index in [4.69, 9.17) is 0 Å². The number of rotatable bonds is 0. The molecule has 4 atom stereocenters. The van der Waals surface area contributed by atoms with Crippen molar-refractivity contribution < 1.29 is 0 Å². The Morgan fingerprint density at radius 1 is 1.00 bits per heavy atom. The van der Waals surface area contributed by atoms with Crippen LogP contribution in [0.2, 0.25) is 0 Å². The van der Waals surface area contributed by atoms with Crippen LogP contribution in [0.1, 0.15) is 39.5 Å². The maximum atomic E-state index is 3.60. The molecule has 2 rings (SSSR count). The molecule has 1 aliphatic carbocycles. The zero-order valence-electron chi connectivity index (χ0n) is 8.34. The summed E-state index contributed by atoms with van der Waals surface area (Å²) in [4.78, 5) is 0. The highest BCUT2D eigenvalue weighted by molar-refractivity contribution is 4.89. The molecule has 0 aromatic heterocycles. The highest BCUT2D eigenvalue weighted by atomic mass is 15.0. The summed E-state index contributed by atoms with van der Waals surface area (Å²) < 4.78 is 0. The lowest BCUT2D eigenvalue weighted by molar-refractivity contribution is 0.354. The Bertz CT molecular complexity index is 155. The third kappa shape index (κ3) is 1.52. The van der Waals surface area contributed by atoms with Crippen molar-refractivity contribution in [2.75, 3.05) is 6.54 Å². The van der Waals surface area contributed by atoms with Crippen molar-refractivity contribution in [3.05, 3.63) is 0 Å². The van der Waals surface area contributed by atoms with E-state index in [0.717, 1.165) is 23.8 Å². The molecule has 1 heteroatoms. The van der Waals surface area contributed by atoms with Gasteiger partial charge in [-0.1, -0.05) is 19.8 Å². The van der Waals surface area contributed by atoms with E-state index in [-0.39, 0.29) is 0 Å². The maximum Gasteiger partial charge on any atom is 0.00702 e. The smallest absolute Gasteiger partial charge is 0.00702 e. The first kappa shape index (κ1) is 8.55. The van der Waals surface area contributed by atoms with Crippen molar-refractivity contribution in [2.24, 2.45) is 17.8 Å². The molecule has 2 aliphatic rings. The zero-order valence-corrected chi connectivity index (χ0v) is 8.34. The molecule has 0 amide bonds. The zero-order chi connectivity index (χ0) is 8.55. The lowest BCUT2D eigenvalue weighted by Crippen LogP contribution is -2.23. The Balaban J connectivity index is 2.00. The average Bonchev–Trinajstić information content (AvgIpc) is 2.28. The largest absolute Gasteiger partial charge is 0.314 e. The van der Waals surface area contributed by atoms with E-state index in [1.165, 1.54) is 32.2 Å². The van der Waals surface area contributed by atoms with Gasteiger partial charge in [0.25, 0.3) is 0 Å². The fourth-order valence-corrected chi connectivity index (χ4v) is 2.97. The second-order valence-corrected chi connectivity index (χ2v) is 4.88. The van der Waals surface area contributed by atoms with Crippen LogP contribution in [0.25, 0.3) is 0 Å². The van der Waals surface area contributed by atoms with E-state index >= 15 is 0 Å². The van der Waals surface area contributed by atoms with Crippen molar-refractivity contribution in [3.8, 4) is 0 Å². The predicted octanol–water partition coefficient (Wildman–Crippen LogP) is 2.42. The Labute approximate surface area is 75.9 Å². The maximum absolute atomic E-state index is 3.60. The average molecular weight is 167 g/mol. The molecule has 1 heterocycles. The minimum Gasteiger partial charge on any atom is -0.314 e. The van der Waals surface area contributed by atoms with E-state index in [9.17, 15) is 0 Å². The number of fused-ring (bicyclic) bond motifs is 1. The highest BCUT2D eigenvalue weighted by Gasteiger charge is 2.34. The minimum atomic E-state index is 0.792. The van der Waals surface area contributed by atoms with Crippen LogP contribution in [0, 0.1) is 17.8 Å². The van der Waals surface area contributed by atoms with Crippen molar-refractivity contribution in [1.82, 2.24) is 5.32 Å². The molecule has 2 fully saturated rings. The lowest BCUT2D eigenvalue weighted by Gasteiger charge is -2.18. The number of hydrogen-bond acceptors (Lipinski definition) is 1. The monoisotopic (exact) mass is 167 g/mol. The fraction of sp³-hybridized carbons (Fsp3) is 1.00. The van der Waals surface area contributed by atoms with Crippen molar-refractivity contribution >= 4 is 0 Å². The quantitative estimate of drug-likeness (QED) is 0.584. The van der Waals surface area contributed by atoms with Gasteiger partial charge >= 0.3 is 0 Å². The van der Waals surface area contributed by atoms with Gasteiger partial charge in [0.15, 0.2) is 0 Å². The van der Waals surface area contributed by atoms with E-state index in [2.05, 4.69) is 19.2 Å². The Kier molecular flexibility index (Phi) is 2.40. The topological polar surface area (TPSA) is 12.0 Å². The summed E-state index contributed by atoms with van der Waals surface area (Å²) in [7, 11) is 0. The summed E-state index contributed by atoms with van der Waals surface area (Å²) in [5.41, 5.74) is 0. The molecular formula is C11H21N. The molecule has 12 heavy (non-hydrogen) atoms. The summed E-state index contributed by atoms with van der Waals surface area (Å²) in [6.45, 7) is 6.07. The third-order valence-corrected chi connectivity index (χ3v) is 3.97. The van der Waals surface area contributed by atoms with Crippen LogP contribution in [0.15, 0.2) is 0 Å². The number of nitrogens with one attached hydrogen (secondary N) is 1. The highest BCUT2D eigenvalue weighted by Crippen LogP contribution is 2.36. The molecule has 0 aromatic carbocycles. The van der Waals surface area contributed by atoms with E-state index < -0.39 is 0 Å². The Morgan fingerprint density at radius 3 is 2.58 bits per heavy atom. The Hall–Kier alpha value is -0.0400. The standard InChI is InChI=1S/C11H21N/c1-8-3-5-10-7-12-9(2)11(10)6-4-8/h8-12H,3-7H2,1-2H3. The Morgan fingerprint density at radius 2 is 1.75 bits per heavy atom. The van der Waals surface area contributed by atoms with Gasteiger partial charge in [-0.2, -0.15) is 0 Å². The molecule has 1 nitrogen and oxygen atoms in total. The summed E-state index contributed by atoms with van der Waals surface area (Å²) in [5, 5.41) is 3.60. The third-order valence-electron chi connectivity index (χ3n) is 3.97. The normalized spacial score (nSPS) is 48.5. The van der Waals surface area contributed by atoms with E-state index in [1.54, 1.807) is 0 Å². The van der Waals surface area contributed by atoms with Gasteiger partial charge in [-0.05, 0) is 44.1 Å². The van der Waals surface area contributed by atoms with E-state index in [1.807, 2.05) is 0 Å². The van der Waals surface area contributed by atoms with Crippen LogP contribution < -0.4 is 5.32 Å². The van der Waals surface area contributed by atoms with Crippen molar-refractivity contribution in [3.63, 3.8) is 0 Å². The summed E-state index contributed by atoms with van der Waals surface area (Å²) in [6, 6.07) is 0.792. The molecular weight excluding hydrogens is 146 g/mol. The van der Waals surface area contributed by atoms with Gasteiger partial charge in [0, 0.05) is 6.04 Å². The molecule has 0 aromatic rings. The lowest BCUT2D eigenvalue weighted by atomic mass is 9.87. The van der Waals surface area contributed by atoms with Crippen LogP contribution in [-0.4, -0.2) is 12.6 Å². The van der Waals surface area contributed by atoms with Crippen molar-refractivity contribution in [1.29, 1.82) is 0 Å². The SMILES string of the molecule is CC1CCC2CNC(C)C2CC1. The summed E-state index contributed by atoms with van der Waals surface area (Å²) >= 11 is 0. The molecule has 0 bridgehead atoms. The predicted molar refractivity (Wildman–Crippen MR) is 52.1 cm³/mol. The number of hydrogen-bond donors (Lipinski definition) is 1. The first-order chi connectivity index (χ1) is 5.77. The molecule has 0 radical (unpaired) electrons. The fourth-order valence-electron chi connectivity index (χ4n) is 2.97. The van der Waals surface area contributed by atoms with Crippen LogP contribution >= 0.6 is 0 Å². The molecule has 70 valence electrons. The van der Waals surface area contributed by atoms with Gasteiger partial charge in [0.2, 0.25) is 0 Å². The molecule has 0 spiro atoms. The second-order valence-electron chi connectivity index (χ2n) is 4.88. The first-order valence-electron chi connectivity index (χ1n) is 5.50. The molecule has 1 saturated carbocycles. The first-order valence-corrected chi connectivity index (χ1v) is 5.50. The van der Waals surface area contributed by atoms with Gasteiger partial charge in [0.05, 0.1) is 0 Å². The van der Waals surface area contributed by atoms with Crippen LogP contribution in [0.5, 0.6) is 0 Å². The molecule has 1 N–H and O–H groups in total. The second kappa shape index (κ2) is 3.37. The molecule has 1 saturated heterocycles. The summed E-state index contributed by atoms with van der Waals surface area (Å²) in [6.07, 6.45) is 5.88. The van der Waals surface area contributed by atoms with Gasteiger partial charge in [-0.3, -0.25) is 0 Å². The molecule has 4 unspecified atom stereocenters. The summed E-state index contributed by atoms with van der Waals surface area (Å²) in [5.74, 6) is 2.99. The van der Waals surface area contributed by atoms with Crippen LogP contribution in [0.3, 0.4) is 0 Å². The van der Waals surface area contributed by atoms with Crippen LogP contribution in [-0.2, 0) is 0 Å². The van der Waals surface area contributed by atoms with Gasteiger partial charge in [0.1, 0.15) is 0 Å². The van der Waals surface area contributed by atoms with E-state index in [0.29, 0.717) is 0 Å². The van der Waals surface area contributed by atoms with Crippen molar-refractivity contribution in [2.45, 2.75) is 45.6 Å². The molecule has 1 aliphatic heterocycles. The van der Waals surface area contributed by atoms with Crippen LogP contribution in [0.4, 0.5) is 0 Å².